The Morgan fingerprint density at radius 2 is 1.60 bits per heavy atom. The van der Waals surface area contributed by atoms with Crippen molar-refractivity contribution in [2.45, 2.75) is 13.0 Å². The Balaban J connectivity index is 1.66. The highest BCUT2D eigenvalue weighted by atomic mass is 16.6. The number of carbonyl (C=O) groups excluding carboxylic acids is 1. The van der Waals surface area contributed by atoms with Crippen LogP contribution in [-0.2, 0) is 17.8 Å². The first-order valence-electron chi connectivity index (χ1n) is 7.98. The number of benzene rings is 3. The largest absolute Gasteiger partial charge is 0.341 e. The van der Waals surface area contributed by atoms with E-state index in [9.17, 15) is 14.9 Å². The molecule has 5 nitrogen and oxygen atoms in total. The number of non-ortho nitro benzene ring substituents is 1. The Bertz CT molecular complexity index is 920. The molecular formula is C20H18N2O3. The maximum atomic E-state index is 12.4. The maximum Gasteiger partial charge on any atom is 0.269 e. The average Bonchev–Trinajstić information content (AvgIpc) is 2.62. The van der Waals surface area contributed by atoms with Gasteiger partial charge in [-0.3, -0.25) is 14.9 Å². The van der Waals surface area contributed by atoms with E-state index >= 15 is 0 Å². The fourth-order valence-corrected chi connectivity index (χ4v) is 2.74. The lowest BCUT2D eigenvalue weighted by Gasteiger charge is -2.17. The second-order valence-corrected chi connectivity index (χ2v) is 6.03. The molecule has 0 aliphatic carbocycles. The van der Waals surface area contributed by atoms with E-state index in [1.807, 2.05) is 18.2 Å². The molecule has 25 heavy (non-hydrogen) atoms. The van der Waals surface area contributed by atoms with E-state index in [-0.39, 0.29) is 18.0 Å². The van der Waals surface area contributed by atoms with Crippen molar-refractivity contribution in [2.75, 3.05) is 7.05 Å². The first-order chi connectivity index (χ1) is 12.0. The van der Waals surface area contributed by atoms with Crippen molar-refractivity contribution in [3.05, 3.63) is 88.0 Å². The quantitative estimate of drug-likeness (QED) is 0.524. The Morgan fingerprint density at radius 3 is 2.28 bits per heavy atom. The van der Waals surface area contributed by atoms with Gasteiger partial charge in [-0.25, -0.2) is 0 Å². The molecular weight excluding hydrogens is 316 g/mol. The summed E-state index contributed by atoms with van der Waals surface area (Å²) in [5, 5.41) is 13.0. The summed E-state index contributed by atoms with van der Waals surface area (Å²) in [6.45, 7) is 0.524. The molecule has 0 aliphatic rings. The molecule has 0 saturated carbocycles. The van der Waals surface area contributed by atoms with Gasteiger partial charge >= 0.3 is 0 Å². The highest BCUT2D eigenvalue weighted by molar-refractivity contribution is 5.83. The van der Waals surface area contributed by atoms with Crippen molar-refractivity contribution < 1.29 is 9.72 Å². The summed E-state index contributed by atoms with van der Waals surface area (Å²) in [6.07, 6.45) is 0.224. The average molecular weight is 334 g/mol. The molecule has 0 atom stereocenters. The number of nitro benzene ring substituents is 1. The molecule has 0 heterocycles. The molecule has 0 saturated heterocycles. The molecule has 0 spiro atoms. The molecule has 0 radical (unpaired) electrons. The number of rotatable bonds is 5. The van der Waals surface area contributed by atoms with Crippen LogP contribution in [0.1, 0.15) is 11.1 Å². The molecule has 3 rings (SSSR count). The highest BCUT2D eigenvalue weighted by Crippen LogP contribution is 2.17. The highest BCUT2D eigenvalue weighted by Gasteiger charge is 2.12. The van der Waals surface area contributed by atoms with Crippen molar-refractivity contribution in [3.63, 3.8) is 0 Å². The van der Waals surface area contributed by atoms with Gasteiger partial charge in [-0.05, 0) is 28.0 Å². The Kier molecular flexibility index (Phi) is 4.75. The SMILES string of the molecule is CN(Cc1ccc2ccccc2c1)C(=O)Cc1ccc([N+](=O)[O-])cc1. The van der Waals surface area contributed by atoms with Gasteiger partial charge in [0.2, 0.25) is 5.91 Å². The summed E-state index contributed by atoms with van der Waals surface area (Å²) >= 11 is 0. The molecule has 1 amide bonds. The van der Waals surface area contributed by atoms with Crippen LogP contribution in [0.2, 0.25) is 0 Å². The van der Waals surface area contributed by atoms with Gasteiger partial charge in [-0.15, -0.1) is 0 Å². The van der Waals surface area contributed by atoms with E-state index in [0.29, 0.717) is 6.54 Å². The third-order valence-electron chi connectivity index (χ3n) is 4.16. The predicted octanol–water partition coefficient (Wildman–Crippen LogP) is 3.95. The van der Waals surface area contributed by atoms with Crippen LogP contribution < -0.4 is 0 Å². The molecule has 3 aromatic carbocycles. The Morgan fingerprint density at radius 1 is 0.960 bits per heavy atom. The Hall–Kier alpha value is -3.21. The zero-order chi connectivity index (χ0) is 17.8. The third kappa shape index (κ3) is 4.01. The van der Waals surface area contributed by atoms with Gasteiger partial charge in [0.1, 0.15) is 0 Å². The molecule has 5 heteroatoms. The minimum Gasteiger partial charge on any atom is -0.341 e. The van der Waals surface area contributed by atoms with Crippen LogP contribution in [0.25, 0.3) is 10.8 Å². The molecule has 3 aromatic rings. The van der Waals surface area contributed by atoms with E-state index in [4.69, 9.17) is 0 Å². The first kappa shape index (κ1) is 16.6. The summed E-state index contributed by atoms with van der Waals surface area (Å²) in [4.78, 5) is 24.3. The van der Waals surface area contributed by atoms with Gasteiger partial charge in [-0.2, -0.15) is 0 Å². The number of fused-ring (bicyclic) bond motifs is 1. The van der Waals surface area contributed by atoms with Gasteiger partial charge in [0.25, 0.3) is 5.69 Å². The summed E-state index contributed by atoms with van der Waals surface area (Å²) < 4.78 is 0. The van der Waals surface area contributed by atoms with Gasteiger partial charge in [0.05, 0.1) is 11.3 Å². The molecule has 0 unspecified atom stereocenters. The van der Waals surface area contributed by atoms with Crippen LogP contribution in [0.4, 0.5) is 5.69 Å². The lowest BCUT2D eigenvalue weighted by Crippen LogP contribution is -2.27. The summed E-state index contributed by atoms with van der Waals surface area (Å²) in [5.41, 5.74) is 1.86. The minimum absolute atomic E-state index is 0.0259. The standard InChI is InChI=1S/C20H18N2O3/c1-21(14-16-6-9-17-4-2-3-5-18(17)12-16)20(23)13-15-7-10-19(11-8-15)22(24)25/h2-12H,13-14H2,1H3. The summed E-state index contributed by atoms with van der Waals surface area (Å²) in [6, 6.07) is 20.4. The smallest absolute Gasteiger partial charge is 0.269 e. The van der Waals surface area contributed by atoms with Gasteiger partial charge < -0.3 is 4.90 Å². The van der Waals surface area contributed by atoms with E-state index in [1.165, 1.54) is 17.5 Å². The number of hydrogen-bond acceptors (Lipinski definition) is 3. The normalized spacial score (nSPS) is 10.6. The van der Waals surface area contributed by atoms with E-state index < -0.39 is 4.92 Å². The number of likely N-dealkylation sites (N-methyl/N-ethyl adjacent to an activating group) is 1. The number of hydrogen-bond donors (Lipinski definition) is 0. The van der Waals surface area contributed by atoms with Gasteiger partial charge in [0.15, 0.2) is 0 Å². The summed E-state index contributed by atoms with van der Waals surface area (Å²) in [5.74, 6) is -0.0259. The first-order valence-corrected chi connectivity index (χ1v) is 7.98. The molecule has 0 aromatic heterocycles. The van der Waals surface area contributed by atoms with Crippen molar-refractivity contribution in [1.82, 2.24) is 4.90 Å². The molecule has 0 N–H and O–H groups in total. The fraction of sp³-hybridized carbons (Fsp3) is 0.150. The summed E-state index contributed by atoms with van der Waals surface area (Å²) in [7, 11) is 1.77. The van der Waals surface area contributed by atoms with Crippen molar-refractivity contribution in [1.29, 1.82) is 0 Å². The predicted molar refractivity (Wildman–Crippen MR) is 97.2 cm³/mol. The van der Waals surface area contributed by atoms with Crippen LogP contribution >= 0.6 is 0 Å². The number of amides is 1. The lowest BCUT2D eigenvalue weighted by molar-refractivity contribution is -0.384. The van der Waals surface area contributed by atoms with Crippen LogP contribution in [0.3, 0.4) is 0 Å². The number of nitrogens with zero attached hydrogens (tertiary/aromatic N) is 2. The monoisotopic (exact) mass is 334 g/mol. The van der Waals surface area contributed by atoms with Crippen molar-refractivity contribution in [2.24, 2.45) is 0 Å². The molecule has 0 bridgehead atoms. The van der Waals surface area contributed by atoms with E-state index in [0.717, 1.165) is 16.5 Å². The van der Waals surface area contributed by atoms with E-state index in [1.54, 1.807) is 24.1 Å². The molecule has 0 fully saturated rings. The molecule has 126 valence electrons. The van der Waals surface area contributed by atoms with Gasteiger partial charge in [0, 0.05) is 25.7 Å². The molecule has 0 aliphatic heterocycles. The number of nitro groups is 1. The van der Waals surface area contributed by atoms with E-state index in [2.05, 4.69) is 24.3 Å². The zero-order valence-electron chi connectivity index (χ0n) is 13.9. The zero-order valence-corrected chi connectivity index (χ0v) is 13.9. The maximum absolute atomic E-state index is 12.4. The second kappa shape index (κ2) is 7.13. The number of carbonyl (C=O) groups is 1. The van der Waals surface area contributed by atoms with Crippen LogP contribution in [0.5, 0.6) is 0 Å². The minimum atomic E-state index is -0.447. The third-order valence-corrected chi connectivity index (χ3v) is 4.16. The van der Waals surface area contributed by atoms with Crippen molar-refractivity contribution in [3.8, 4) is 0 Å². The topological polar surface area (TPSA) is 63.5 Å². The second-order valence-electron chi connectivity index (χ2n) is 6.03. The van der Waals surface area contributed by atoms with Crippen molar-refractivity contribution >= 4 is 22.4 Å². The van der Waals surface area contributed by atoms with Crippen LogP contribution in [-0.4, -0.2) is 22.8 Å². The lowest BCUT2D eigenvalue weighted by atomic mass is 10.1. The van der Waals surface area contributed by atoms with Crippen LogP contribution in [0, 0.1) is 10.1 Å². The van der Waals surface area contributed by atoms with Gasteiger partial charge in [-0.1, -0.05) is 48.5 Å². The fourth-order valence-electron chi connectivity index (χ4n) is 2.74. The Labute approximate surface area is 145 Å². The van der Waals surface area contributed by atoms with Crippen LogP contribution in [0.15, 0.2) is 66.7 Å².